The van der Waals surface area contributed by atoms with Gasteiger partial charge in [-0.15, -0.1) is 0 Å². The van der Waals surface area contributed by atoms with Gasteiger partial charge in [-0.25, -0.2) is 13.2 Å². The number of carboxylic acids is 1. The Morgan fingerprint density at radius 2 is 1.91 bits per heavy atom. The van der Waals surface area contributed by atoms with E-state index in [1.165, 1.54) is 12.1 Å². The quantitative estimate of drug-likeness (QED) is 0.868. The number of benzene rings is 1. The molecule has 8 nitrogen and oxygen atoms in total. The molecule has 0 aliphatic carbocycles. The van der Waals surface area contributed by atoms with Gasteiger partial charge in [0.05, 0.1) is 16.2 Å². The summed E-state index contributed by atoms with van der Waals surface area (Å²) in [6.45, 7) is 1.63. The fourth-order valence-corrected chi connectivity index (χ4v) is 2.35. The van der Waals surface area contributed by atoms with Crippen molar-refractivity contribution in [3.8, 4) is 0 Å². The van der Waals surface area contributed by atoms with Crippen LogP contribution in [0.3, 0.4) is 0 Å². The predicted octanol–water partition coefficient (Wildman–Crippen LogP) is 1.34. The summed E-state index contributed by atoms with van der Waals surface area (Å²) < 4.78 is 27.9. The van der Waals surface area contributed by atoms with E-state index >= 15 is 0 Å². The van der Waals surface area contributed by atoms with Gasteiger partial charge in [0.2, 0.25) is 5.76 Å². The molecule has 1 aromatic heterocycles. The highest BCUT2D eigenvalue weighted by Gasteiger charge is 2.17. The molecule has 0 radical (unpaired) electrons. The number of anilines is 1. The normalized spacial score (nSPS) is 11.2. The Kier molecular flexibility index (Phi) is 4.00. The molecule has 22 heavy (non-hydrogen) atoms. The first-order valence-corrected chi connectivity index (χ1v) is 7.89. The van der Waals surface area contributed by atoms with Crippen LogP contribution in [0.1, 0.15) is 26.6 Å². The number of hydrogen-bond acceptors (Lipinski definition) is 6. The molecule has 0 bridgehead atoms. The van der Waals surface area contributed by atoms with Crippen molar-refractivity contribution in [3.63, 3.8) is 0 Å². The minimum absolute atomic E-state index is 0.0272. The van der Waals surface area contributed by atoms with Gasteiger partial charge < -0.3 is 14.9 Å². The number of carbonyl (C=O) groups excluding carboxylic acids is 1. The number of carboxylic acid groups (broad SMARTS) is 1. The standard InChI is InChI=1S/C13H12N2O6S/c1-7-3-11(21-15-7)12(16)14-9-4-8(13(17)18)5-10(6-9)22(2,19)20/h3-6H,1-2H3,(H,14,16)(H,17,18). The first-order valence-electron chi connectivity index (χ1n) is 6.00. The van der Waals surface area contributed by atoms with E-state index < -0.39 is 21.7 Å². The number of amides is 1. The number of nitrogens with one attached hydrogen (secondary N) is 1. The third-order valence-electron chi connectivity index (χ3n) is 2.69. The molecule has 0 aliphatic rings. The smallest absolute Gasteiger partial charge is 0.335 e. The van der Waals surface area contributed by atoms with Gasteiger partial charge in [-0.05, 0) is 25.1 Å². The van der Waals surface area contributed by atoms with Crippen LogP contribution in [0.5, 0.6) is 0 Å². The molecule has 9 heteroatoms. The van der Waals surface area contributed by atoms with Gasteiger partial charge in [-0.2, -0.15) is 0 Å². The third-order valence-corrected chi connectivity index (χ3v) is 3.78. The van der Waals surface area contributed by atoms with Crippen molar-refractivity contribution in [2.24, 2.45) is 0 Å². The molecular weight excluding hydrogens is 312 g/mol. The largest absolute Gasteiger partial charge is 0.478 e. The molecule has 0 aliphatic heterocycles. The second-order valence-electron chi connectivity index (χ2n) is 4.61. The van der Waals surface area contributed by atoms with Gasteiger partial charge in [0.1, 0.15) is 0 Å². The molecule has 0 spiro atoms. The van der Waals surface area contributed by atoms with Crippen molar-refractivity contribution >= 4 is 27.4 Å². The van der Waals surface area contributed by atoms with Crippen molar-refractivity contribution in [1.82, 2.24) is 5.16 Å². The van der Waals surface area contributed by atoms with E-state index in [-0.39, 0.29) is 21.9 Å². The number of aromatic nitrogens is 1. The summed E-state index contributed by atoms with van der Waals surface area (Å²) >= 11 is 0. The maximum absolute atomic E-state index is 11.9. The van der Waals surface area contributed by atoms with Gasteiger partial charge in [-0.3, -0.25) is 4.79 Å². The Labute approximate surface area is 125 Å². The molecular formula is C13H12N2O6S. The van der Waals surface area contributed by atoms with Gasteiger partial charge >= 0.3 is 5.97 Å². The number of rotatable bonds is 4. The number of hydrogen-bond donors (Lipinski definition) is 2. The van der Waals surface area contributed by atoms with E-state index in [1.807, 2.05) is 0 Å². The van der Waals surface area contributed by atoms with Crippen LogP contribution in [-0.2, 0) is 9.84 Å². The molecule has 0 unspecified atom stereocenters. The monoisotopic (exact) mass is 324 g/mol. The molecule has 0 saturated heterocycles. The van der Waals surface area contributed by atoms with Gasteiger partial charge in [0.15, 0.2) is 9.84 Å². The lowest BCUT2D eigenvalue weighted by molar-refractivity contribution is 0.0696. The van der Waals surface area contributed by atoms with E-state index in [9.17, 15) is 18.0 Å². The Morgan fingerprint density at radius 3 is 2.41 bits per heavy atom. The fourth-order valence-electron chi connectivity index (χ4n) is 1.67. The summed E-state index contributed by atoms with van der Waals surface area (Å²) in [6.07, 6.45) is 0.944. The first kappa shape index (κ1) is 15.7. The molecule has 1 heterocycles. The highest BCUT2D eigenvalue weighted by molar-refractivity contribution is 7.90. The number of nitrogens with zero attached hydrogens (tertiary/aromatic N) is 1. The van der Waals surface area contributed by atoms with E-state index in [0.29, 0.717) is 5.69 Å². The van der Waals surface area contributed by atoms with Crippen LogP contribution in [0, 0.1) is 6.92 Å². The van der Waals surface area contributed by atoms with E-state index in [4.69, 9.17) is 9.63 Å². The molecule has 1 aromatic carbocycles. The van der Waals surface area contributed by atoms with Crippen LogP contribution < -0.4 is 5.32 Å². The van der Waals surface area contributed by atoms with Crippen LogP contribution in [0.2, 0.25) is 0 Å². The predicted molar refractivity (Wildman–Crippen MR) is 75.7 cm³/mol. The molecule has 0 saturated carbocycles. The molecule has 0 atom stereocenters. The minimum Gasteiger partial charge on any atom is -0.478 e. The van der Waals surface area contributed by atoms with Crippen LogP contribution >= 0.6 is 0 Å². The van der Waals surface area contributed by atoms with Crippen molar-refractivity contribution in [2.75, 3.05) is 11.6 Å². The Balaban J connectivity index is 2.40. The molecule has 2 N–H and O–H groups in total. The average Bonchev–Trinajstić information content (AvgIpc) is 2.84. The molecule has 116 valence electrons. The fraction of sp³-hybridized carbons (Fsp3) is 0.154. The lowest BCUT2D eigenvalue weighted by Gasteiger charge is -2.07. The number of aromatic carboxylic acids is 1. The van der Waals surface area contributed by atoms with E-state index in [0.717, 1.165) is 18.4 Å². The van der Waals surface area contributed by atoms with Gasteiger partial charge in [0, 0.05) is 18.0 Å². The summed E-state index contributed by atoms with van der Waals surface area (Å²) in [7, 11) is -3.63. The summed E-state index contributed by atoms with van der Waals surface area (Å²) in [5.74, 6) is -2.04. The molecule has 2 rings (SSSR count). The van der Waals surface area contributed by atoms with Crippen molar-refractivity contribution in [1.29, 1.82) is 0 Å². The van der Waals surface area contributed by atoms with Crippen LogP contribution in [-0.4, -0.2) is 36.8 Å². The van der Waals surface area contributed by atoms with Gasteiger partial charge in [-0.1, -0.05) is 5.16 Å². The highest BCUT2D eigenvalue weighted by Crippen LogP contribution is 2.20. The maximum Gasteiger partial charge on any atom is 0.335 e. The van der Waals surface area contributed by atoms with Crippen LogP contribution in [0.25, 0.3) is 0 Å². The zero-order valence-electron chi connectivity index (χ0n) is 11.7. The van der Waals surface area contributed by atoms with E-state index in [1.54, 1.807) is 6.92 Å². The topological polar surface area (TPSA) is 127 Å². The first-order chi connectivity index (χ1) is 10.2. The zero-order valence-corrected chi connectivity index (χ0v) is 12.5. The second-order valence-corrected chi connectivity index (χ2v) is 6.63. The summed E-state index contributed by atoms with van der Waals surface area (Å²) in [5, 5.41) is 15.0. The Morgan fingerprint density at radius 1 is 1.23 bits per heavy atom. The molecule has 1 amide bonds. The maximum atomic E-state index is 11.9. The zero-order chi connectivity index (χ0) is 16.5. The molecule has 2 aromatic rings. The van der Waals surface area contributed by atoms with Gasteiger partial charge in [0.25, 0.3) is 5.91 Å². The van der Waals surface area contributed by atoms with Crippen LogP contribution in [0.4, 0.5) is 5.69 Å². The summed E-state index contributed by atoms with van der Waals surface area (Å²) in [4.78, 5) is 22.8. The third kappa shape index (κ3) is 3.50. The molecule has 0 fully saturated rings. The summed E-state index contributed by atoms with van der Waals surface area (Å²) in [5.41, 5.74) is 0.271. The Hall–Kier alpha value is -2.68. The second kappa shape index (κ2) is 5.60. The average molecular weight is 324 g/mol. The number of carbonyl (C=O) groups is 2. The summed E-state index contributed by atoms with van der Waals surface area (Å²) in [6, 6.07) is 4.74. The number of aryl methyl sites for hydroxylation is 1. The Bertz CT molecular complexity index is 853. The van der Waals surface area contributed by atoms with Crippen LogP contribution in [0.15, 0.2) is 33.7 Å². The number of sulfone groups is 1. The highest BCUT2D eigenvalue weighted by atomic mass is 32.2. The van der Waals surface area contributed by atoms with Crippen molar-refractivity contribution in [2.45, 2.75) is 11.8 Å². The minimum atomic E-state index is -3.63. The van der Waals surface area contributed by atoms with E-state index in [2.05, 4.69) is 10.5 Å². The van der Waals surface area contributed by atoms with Crippen molar-refractivity contribution < 1.29 is 27.6 Å². The lowest BCUT2D eigenvalue weighted by Crippen LogP contribution is -2.12. The SMILES string of the molecule is Cc1cc(C(=O)Nc2cc(C(=O)O)cc(S(C)(=O)=O)c2)on1. The van der Waals surface area contributed by atoms with Crippen molar-refractivity contribution in [3.05, 3.63) is 41.3 Å². The lowest BCUT2D eigenvalue weighted by atomic mass is 10.2.